The zero-order valence-electron chi connectivity index (χ0n) is 15.9. The predicted octanol–water partition coefficient (Wildman–Crippen LogP) is 3.65. The molecule has 0 amide bonds. The lowest BCUT2D eigenvalue weighted by molar-refractivity contribution is 0.182. The van der Waals surface area contributed by atoms with Gasteiger partial charge in [-0.05, 0) is 61.5 Å². The Bertz CT molecular complexity index is 773. The molecule has 1 atom stereocenters. The van der Waals surface area contributed by atoms with Gasteiger partial charge in [0, 0.05) is 37.1 Å². The average Bonchev–Trinajstić information content (AvgIpc) is 3.18. The van der Waals surface area contributed by atoms with Crippen molar-refractivity contribution in [1.29, 1.82) is 0 Å². The molecule has 7 heteroatoms. The van der Waals surface area contributed by atoms with Crippen LogP contribution in [-0.2, 0) is 20.1 Å². The van der Waals surface area contributed by atoms with Crippen molar-refractivity contribution in [1.82, 2.24) is 19.8 Å². The smallest absolute Gasteiger partial charge is 0.122 e. The van der Waals surface area contributed by atoms with Gasteiger partial charge < -0.3 is 14.6 Å². The van der Waals surface area contributed by atoms with Crippen molar-refractivity contribution in [3.63, 3.8) is 0 Å². The van der Waals surface area contributed by atoms with Crippen LogP contribution in [0.5, 0.6) is 5.75 Å². The number of rotatable bonds is 6. The largest absolute Gasteiger partial charge is 0.497 e. The van der Waals surface area contributed by atoms with E-state index in [1.807, 2.05) is 24.5 Å². The van der Waals surface area contributed by atoms with Gasteiger partial charge in [-0.2, -0.15) is 0 Å². The van der Waals surface area contributed by atoms with E-state index in [4.69, 9.17) is 16.3 Å². The summed E-state index contributed by atoms with van der Waals surface area (Å²) >= 11 is 6.50. The maximum Gasteiger partial charge on any atom is 0.122 e. The molecular formula is C20H28Cl2N4O. The standard InChI is InChI=1S/C20H27ClN4O.ClH/c1-24-10-9-23-19(24)14-25(18-12-20(18)5-7-22-8-6-20)13-15-11-16(26-2)3-4-17(15)21;/h3-4,9-11,18,22H,5-8,12-14H2,1-2H3;1H. The van der Waals surface area contributed by atoms with E-state index < -0.39 is 0 Å². The molecule has 5 nitrogen and oxygen atoms in total. The lowest BCUT2D eigenvalue weighted by Gasteiger charge is -2.29. The summed E-state index contributed by atoms with van der Waals surface area (Å²) in [5, 5.41) is 4.30. The first-order valence-electron chi connectivity index (χ1n) is 9.35. The van der Waals surface area contributed by atoms with E-state index in [0.29, 0.717) is 11.5 Å². The highest BCUT2D eigenvalue weighted by Gasteiger charge is 2.56. The second-order valence-electron chi connectivity index (χ2n) is 7.65. The molecule has 2 fully saturated rings. The van der Waals surface area contributed by atoms with Crippen LogP contribution in [0.3, 0.4) is 0 Å². The van der Waals surface area contributed by atoms with Crippen LogP contribution in [0.4, 0.5) is 0 Å². The van der Waals surface area contributed by atoms with Crippen LogP contribution >= 0.6 is 24.0 Å². The first-order valence-corrected chi connectivity index (χ1v) is 9.72. The highest BCUT2D eigenvalue weighted by Crippen LogP contribution is 2.56. The van der Waals surface area contributed by atoms with Crippen LogP contribution in [0.25, 0.3) is 0 Å². The van der Waals surface area contributed by atoms with Crippen LogP contribution in [0.2, 0.25) is 5.02 Å². The number of hydrogen-bond donors (Lipinski definition) is 1. The number of hydrogen-bond acceptors (Lipinski definition) is 4. The zero-order valence-corrected chi connectivity index (χ0v) is 17.5. The van der Waals surface area contributed by atoms with Gasteiger partial charge in [-0.15, -0.1) is 12.4 Å². The molecule has 1 saturated carbocycles. The molecule has 1 aromatic carbocycles. The van der Waals surface area contributed by atoms with Gasteiger partial charge in [0.05, 0.1) is 13.7 Å². The fourth-order valence-corrected chi connectivity index (χ4v) is 4.51. The molecular weight excluding hydrogens is 383 g/mol. The number of imidazole rings is 1. The van der Waals surface area contributed by atoms with Gasteiger partial charge in [0.1, 0.15) is 11.6 Å². The summed E-state index contributed by atoms with van der Waals surface area (Å²) in [4.78, 5) is 7.11. The van der Waals surface area contributed by atoms with Gasteiger partial charge in [0.2, 0.25) is 0 Å². The summed E-state index contributed by atoms with van der Waals surface area (Å²) in [7, 11) is 3.76. The van der Waals surface area contributed by atoms with E-state index >= 15 is 0 Å². The molecule has 0 radical (unpaired) electrons. The van der Waals surface area contributed by atoms with Crippen LogP contribution < -0.4 is 10.1 Å². The molecule has 4 rings (SSSR count). The summed E-state index contributed by atoms with van der Waals surface area (Å²) in [5.41, 5.74) is 1.60. The lowest BCUT2D eigenvalue weighted by atomic mass is 9.93. The number of methoxy groups -OCH3 is 1. The molecule has 27 heavy (non-hydrogen) atoms. The Morgan fingerprint density at radius 3 is 2.78 bits per heavy atom. The molecule has 1 aliphatic heterocycles. The van der Waals surface area contributed by atoms with E-state index in [9.17, 15) is 0 Å². The Hall–Kier alpha value is -1.27. The first-order chi connectivity index (χ1) is 12.6. The normalized spacial score (nSPS) is 20.5. The number of nitrogens with zero attached hydrogens (tertiary/aromatic N) is 3. The van der Waals surface area contributed by atoms with Crippen molar-refractivity contribution >= 4 is 24.0 Å². The number of halogens is 2. The van der Waals surface area contributed by atoms with Crippen molar-refractivity contribution in [2.45, 2.75) is 38.4 Å². The number of aromatic nitrogens is 2. The highest BCUT2D eigenvalue weighted by molar-refractivity contribution is 6.31. The fourth-order valence-electron chi connectivity index (χ4n) is 4.33. The minimum Gasteiger partial charge on any atom is -0.497 e. The van der Waals surface area contributed by atoms with Gasteiger partial charge in [0.15, 0.2) is 0 Å². The van der Waals surface area contributed by atoms with E-state index in [0.717, 1.165) is 48.3 Å². The molecule has 2 aromatic rings. The zero-order chi connectivity index (χ0) is 18.1. The number of piperidine rings is 1. The van der Waals surface area contributed by atoms with E-state index in [1.54, 1.807) is 7.11 Å². The second-order valence-corrected chi connectivity index (χ2v) is 8.06. The molecule has 1 N–H and O–H groups in total. The Morgan fingerprint density at radius 2 is 2.11 bits per heavy atom. The van der Waals surface area contributed by atoms with E-state index in [2.05, 4.69) is 32.9 Å². The van der Waals surface area contributed by atoms with Gasteiger partial charge in [-0.25, -0.2) is 4.98 Å². The molecule has 1 saturated heterocycles. The average molecular weight is 411 g/mol. The molecule has 0 bridgehead atoms. The molecule has 2 aliphatic rings. The number of benzene rings is 1. The predicted molar refractivity (Wildman–Crippen MR) is 111 cm³/mol. The maximum absolute atomic E-state index is 6.50. The third-order valence-corrected chi connectivity index (χ3v) is 6.45. The van der Waals surface area contributed by atoms with Crippen molar-refractivity contribution in [2.75, 3.05) is 20.2 Å². The van der Waals surface area contributed by atoms with E-state index in [1.165, 1.54) is 19.3 Å². The van der Waals surface area contributed by atoms with Crippen LogP contribution in [0.1, 0.15) is 30.7 Å². The summed E-state index contributed by atoms with van der Waals surface area (Å²) < 4.78 is 7.51. The molecule has 2 heterocycles. The topological polar surface area (TPSA) is 42.3 Å². The van der Waals surface area contributed by atoms with E-state index in [-0.39, 0.29) is 12.4 Å². The van der Waals surface area contributed by atoms with Crippen molar-refractivity contribution in [3.8, 4) is 5.75 Å². The molecule has 1 spiro atoms. The maximum atomic E-state index is 6.50. The summed E-state index contributed by atoms with van der Waals surface area (Å²) in [5.74, 6) is 1.95. The van der Waals surface area contributed by atoms with Gasteiger partial charge >= 0.3 is 0 Å². The minimum atomic E-state index is 0. The lowest BCUT2D eigenvalue weighted by Crippen LogP contribution is -2.36. The third kappa shape index (κ3) is 4.27. The molecule has 148 valence electrons. The highest BCUT2D eigenvalue weighted by atomic mass is 35.5. The Labute approximate surface area is 172 Å². The summed E-state index contributed by atoms with van der Waals surface area (Å²) in [6.07, 6.45) is 7.69. The van der Waals surface area contributed by atoms with Crippen molar-refractivity contribution < 1.29 is 4.74 Å². The first kappa shape index (κ1) is 20.5. The van der Waals surface area contributed by atoms with Gasteiger partial charge in [-0.3, -0.25) is 4.90 Å². The Kier molecular flexibility index (Phi) is 6.36. The minimum absolute atomic E-state index is 0. The van der Waals surface area contributed by atoms with Crippen molar-refractivity contribution in [2.24, 2.45) is 12.5 Å². The molecule has 1 aromatic heterocycles. The SMILES string of the molecule is COc1ccc(Cl)c(CN(Cc2nccn2C)C2CC23CCNCC3)c1.Cl. The fraction of sp³-hybridized carbons (Fsp3) is 0.550. The number of aryl methyl sites for hydroxylation is 1. The Balaban J connectivity index is 0.00000210. The Morgan fingerprint density at radius 1 is 1.33 bits per heavy atom. The quantitative estimate of drug-likeness (QED) is 0.788. The molecule has 1 aliphatic carbocycles. The number of ether oxygens (including phenoxy) is 1. The molecule has 1 unspecified atom stereocenters. The number of nitrogens with one attached hydrogen (secondary N) is 1. The van der Waals surface area contributed by atoms with Crippen LogP contribution in [-0.4, -0.2) is 40.7 Å². The monoisotopic (exact) mass is 410 g/mol. The van der Waals surface area contributed by atoms with Crippen molar-refractivity contribution in [3.05, 3.63) is 47.0 Å². The van der Waals surface area contributed by atoms with Gasteiger partial charge in [0.25, 0.3) is 0 Å². The van der Waals surface area contributed by atoms with Crippen LogP contribution in [0, 0.1) is 5.41 Å². The third-order valence-electron chi connectivity index (χ3n) is 6.08. The van der Waals surface area contributed by atoms with Gasteiger partial charge in [-0.1, -0.05) is 11.6 Å². The summed E-state index contributed by atoms with van der Waals surface area (Å²) in [6, 6.07) is 6.51. The second kappa shape index (κ2) is 8.39. The summed E-state index contributed by atoms with van der Waals surface area (Å²) in [6.45, 7) is 3.93. The van der Waals surface area contributed by atoms with Crippen LogP contribution in [0.15, 0.2) is 30.6 Å².